The van der Waals surface area contributed by atoms with Crippen molar-refractivity contribution < 1.29 is 9.47 Å². The van der Waals surface area contributed by atoms with Gasteiger partial charge in [0.1, 0.15) is 5.75 Å². The summed E-state index contributed by atoms with van der Waals surface area (Å²) in [5.41, 5.74) is 7.21. The number of hydrogen-bond acceptors (Lipinski definition) is 4. The Balaban J connectivity index is 1.98. The molecule has 1 heterocycles. The van der Waals surface area contributed by atoms with Crippen molar-refractivity contribution in [1.82, 2.24) is 10.2 Å². The lowest BCUT2D eigenvalue weighted by atomic mass is 10.0. The van der Waals surface area contributed by atoms with E-state index in [1.165, 1.54) is 18.4 Å². The Bertz CT molecular complexity index is 530. The number of ether oxygens (including phenoxy) is 2. The molecule has 0 aromatic heterocycles. The zero-order chi connectivity index (χ0) is 17.9. The molecule has 0 radical (unpaired) electrons. The maximum atomic E-state index is 6.03. The molecular weight excluding hydrogens is 316 g/mol. The van der Waals surface area contributed by atoms with Gasteiger partial charge < -0.3 is 20.5 Å². The highest BCUT2D eigenvalue weighted by atomic mass is 16.5. The average molecular weight is 348 g/mol. The van der Waals surface area contributed by atoms with E-state index in [2.05, 4.69) is 27.3 Å². The highest BCUT2D eigenvalue weighted by molar-refractivity contribution is 5.77. The number of hydrogen-bond donors (Lipinski definition) is 2. The molecule has 1 aromatic carbocycles. The van der Waals surface area contributed by atoms with Gasteiger partial charge in [0.05, 0.1) is 19.7 Å². The topological polar surface area (TPSA) is 72.1 Å². The standard InChI is InChI=1S/C19H32N4O2/c1-3-25-14-8-11-21-19(20)22-15-17(23-12-6-7-13-23)16-9-4-5-10-18(16)24-2/h4-5,9-10,17H,3,6-8,11-15H2,1-2H3,(H3,20,21,22). The van der Waals surface area contributed by atoms with Gasteiger partial charge in [0.15, 0.2) is 5.96 Å². The fourth-order valence-corrected chi connectivity index (χ4v) is 3.18. The molecule has 0 saturated carbocycles. The summed E-state index contributed by atoms with van der Waals surface area (Å²) in [6.45, 7) is 7.09. The minimum Gasteiger partial charge on any atom is -0.496 e. The van der Waals surface area contributed by atoms with Crippen molar-refractivity contribution in [2.75, 3.05) is 46.5 Å². The van der Waals surface area contributed by atoms with Gasteiger partial charge in [0.2, 0.25) is 0 Å². The average Bonchev–Trinajstić information content (AvgIpc) is 3.16. The molecule has 1 atom stereocenters. The number of likely N-dealkylation sites (tertiary alicyclic amines) is 1. The molecule has 3 N–H and O–H groups in total. The number of rotatable bonds is 10. The van der Waals surface area contributed by atoms with Crippen molar-refractivity contribution in [2.24, 2.45) is 10.7 Å². The molecular formula is C19H32N4O2. The quantitative estimate of drug-likeness (QED) is 0.385. The highest BCUT2D eigenvalue weighted by Crippen LogP contribution is 2.31. The summed E-state index contributed by atoms with van der Waals surface area (Å²) in [4.78, 5) is 7.06. The number of nitrogens with one attached hydrogen (secondary N) is 1. The van der Waals surface area contributed by atoms with Crippen LogP contribution in [0.25, 0.3) is 0 Å². The minimum atomic E-state index is 0.197. The lowest BCUT2D eigenvalue weighted by Gasteiger charge is -2.28. The Hall–Kier alpha value is -1.79. The van der Waals surface area contributed by atoms with Gasteiger partial charge in [0.25, 0.3) is 0 Å². The van der Waals surface area contributed by atoms with Crippen LogP contribution in [-0.2, 0) is 4.74 Å². The number of aliphatic imine (C=N–C) groups is 1. The van der Waals surface area contributed by atoms with Crippen LogP contribution in [0.5, 0.6) is 5.75 Å². The van der Waals surface area contributed by atoms with E-state index in [-0.39, 0.29) is 6.04 Å². The first-order chi connectivity index (χ1) is 12.3. The summed E-state index contributed by atoms with van der Waals surface area (Å²) in [5.74, 6) is 1.41. The van der Waals surface area contributed by atoms with E-state index in [0.717, 1.165) is 45.0 Å². The van der Waals surface area contributed by atoms with Crippen molar-refractivity contribution in [1.29, 1.82) is 0 Å². The molecule has 6 heteroatoms. The fourth-order valence-electron chi connectivity index (χ4n) is 3.18. The molecule has 0 spiro atoms. The van der Waals surface area contributed by atoms with E-state index in [9.17, 15) is 0 Å². The van der Waals surface area contributed by atoms with Gasteiger partial charge >= 0.3 is 0 Å². The van der Waals surface area contributed by atoms with E-state index < -0.39 is 0 Å². The van der Waals surface area contributed by atoms with Crippen LogP contribution in [0.15, 0.2) is 29.3 Å². The smallest absolute Gasteiger partial charge is 0.188 e. The molecule has 1 saturated heterocycles. The number of benzene rings is 1. The summed E-state index contributed by atoms with van der Waals surface area (Å²) in [6, 6.07) is 8.39. The van der Waals surface area contributed by atoms with E-state index in [1.54, 1.807) is 7.11 Å². The molecule has 0 aliphatic carbocycles. The van der Waals surface area contributed by atoms with Crippen LogP contribution in [0.2, 0.25) is 0 Å². The molecule has 2 rings (SSSR count). The van der Waals surface area contributed by atoms with Crippen LogP contribution in [0.3, 0.4) is 0 Å². The number of guanidine groups is 1. The van der Waals surface area contributed by atoms with E-state index in [4.69, 9.17) is 15.2 Å². The van der Waals surface area contributed by atoms with Crippen molar-refractivity contribution in [3.8, 4) is 5.75 Å². The predicted octanol–water partition coefficient (Wildman–Crippen LogP) is 2.16. The van der Waals surface area contributed by atoms with Crippen molar-refractivity contribution in [3.05, 3.63) is 29.8 Å². The van der Waals surface area contributed by atoms with Gasteiger partial charge in [-0.25, -0.2) is 0 Å². The zero-order valence-electron chi connectivity index (χ0n) is 15.5. The molecule has 1 fully saturated rings. The van der Waals surface area contributed by atoms with E-state index >= 15 is 0 Å². The number of methoxy groups -OCH3 is 1. The first-order valence-electron chi connectivity index (χ1n) is 9.24. The molecule has 1 aromatic rings. The Morgan fingerprint density at radius 3 is 2.80 bits per heavy atom. The summed E-state index contributed by atoms with van der Waals surface area (Å²) < 4.78 is 10.9. The van der Waals surface area contributed by atoms with Gasteiger partial charge in [0, 0.05) is 25.3 Å². The van der Waals surface area contributed by atoms with E-state index in [0.29, 0.717) is 12.5 Å². The highest BCUT2D eigenvalue weighted by Gasteiger charge is 2.25. The second-order valence-electron chi connectivity index (χ2n) is 6.20. The van der Waals surface area contributed by atoms with Gasteiger partial charge in [-0.05, 0) is 45.3 Å². The Morgan fingerprint density at radius 1 is 1.32 bits per heavy atom. The summed E-state index contributed by atoms with van der Waals surface area (Å²) in [5, 5.41) is 3.17. The molecule has 6 nitrogen and oxygen atoms in total. The molecule has 0 amide bonds. The fraction of sp³-hybridized carbons (Fsp3) is 0.632. The maximum absolute atomic E-state index is 6.03. The van der Waals surface area contributed by atoms with Gasteiger partial charge in [-0.1, -0.05) is 18.2 Å². The SMILES string of the molecule is CCOCCCNC(N)=NCC(c1ccccc1OC)N1CCCC1. The van der Waals surface area contributed by atoms with Crippen LogP contribution in [0.4, 0.5) is 0 Å². The van der Waals surface area contributed by atoms with Crippen molar-refractivity contribution in [2.45, 2.75) is 32.2 Å². The second-order valence-corrected chi connectivity index (χ2v) is 6.20. The van der Waals surface area contributed by atoms with Gasteiger partial charge in [-0.3, -0.25) is 9.89 Å². The van der Waals surface area contributed by atoms with Crippen molar-refractivity contribution >= 4 is 5.96 Å². The Labute approximate surface area is 151 Å². The molecule has 1 aliphatic heterocycles. The first-order valence-corrected chi connectivity index (χ1v) is 9.24. The predicted molar refractivity (Wildman–Crippen MR) is 102 cm³/mol. The third-order valence-electron chi connectivity index (χ3n) is 4.49. The Morgan fingerprint density at radius 2 is 2.08 bits per heavy atom. The molecule has 140 valence electrons. The molecule has 0 bridgehead atoms. The lowest BCUT2D eigenvalue weighted by molar-refractivity contribution is 0.145. The van der Waals surface area contributed by atoms with E-state index in [1.807, 2.05) is 19.1 Å². The van der Waals surface area contributed by atoms with Crippen LogP contribution in [-0.4, -0.2) is 57.4 Å². The third-order valence-corrected chi connectivity index (χ3v) is 4.49. The second kappa shape index (κ2) is 10.9. The van der Waals surface area contributed by atoms with Crippen molar-refractivity contribution in [3.63, 3.8) is 0 Å². The summed E-state index contributed by atoms with van der Waals surface area (Å²) >= 11 is 0. The summed E-state index contributed by atoms with van der Waals surface area (Å²) in [7, 11) is 1.72. The van der Waals surface area contributed by atoms with Crippen LogP contribution < -0.4 is 15.8 Å². The van der Waals surface area contributed by atoms with Crippen LogP contribution >= 0.6 is 0 Å². The largest absolute Gasteiger partial charge is 0.496 e. The third kappa shape index (κ3) is 6.21. The first kappa shape index (κ1) is 19.5. The van der Waals surface area contributed by atoms with Crippen LogP contribution in [0.1, 0.15) is 37.8 Å². The number of nitrogens with zero attached hydrogens (tertiary/aromatic N) is 2. The molecule has 1 unspecified atom stereocenters. The number of para-hydroxylation sites is 1. The maximum Gasteiger partial charge on any atom is 0.188 e. The van der Waals surface area contributed by atoms with Gasteiger partial charge in [-0.2, -0.15) is 0 Å². The lowest BCUT2D eigenvalue weighted by Crippen LogP contribution is -2.35. The number of nitrogens with two attached hydrogens (primary N) is 1. The zero-order valence-corrected chi connectivity index (χ0v) is 15.5. The minimum absolute atomic E-state index is 0.197. The Kier molecular flexibility index (Phi) is 8.55. The summed E-state index contributed by atoms with van der Waals surface area (Å²) in [6.07, 6.45) is 3.40. The van der Waals surface area contributed by atoms with Gasteiger partial charge in [-0.15, -0.1) is 0 Å². The normalized spacial score (nSPS) is 16.8. The monoisotopic (exact) mass is 348 g/mol. The molecule has 25 heavy (non-hydrogen) atoms. The van der Waals surface area contributed by atoms with Crippen LogP contribution in [0, 0.1) is 0 Å². The molecule has 1 aliphatic rings.